The summed E-state index contributed by atoms with van der Waals surface area (Å²) in [5.41, 5.74) is -0.763. The number of ether oxygens (including phenoxy) is 2. The summed E-state index contributed by atoms with van der Waals surface area (Å²) in [4.78, 5) is 63.0. The first kappa shape index (κ1) is 35.2. The van der Waals surface area contributed by atoms with E-state index in [1.807, 2.05) is 0 Å². The summed E-state index contributed by atoms with van der Waals surface area (Å²) in [7, 11) is 0. The van der Waals surface area contributed by atoms with Crippen molar-refractivity contribution < 1.29 is 43.4 Å². The fraction of sp³-hybridized carbons (Fsp3) is 0.308. The van der Waals surface area contributed by atoms with Crippen LogP contribution in [-0.2, 0) is 33.9 Å². The van der Waals surface area contributed by atoms with Crippen LogP contribution in [0, 0.1) is 5.92 Å². The molecule has 3 unspecified atom stereocenters. The van der Waals surface area contributed by atoms with Crippen molar-refractivity contribution in [2.75, 3.05) is 13.2 Å². The molecule has 2 amide bonds. The summed E-state index contributed by atoms with van der Waals surface area (Å²) in [6, 6.07) is 21.6. The molecule has 0 aliphatic carbocycles. The smallest absolute Gasteiger partial charge is 0.422 e. The maximum atomic E-state index is 14.3. The Morgan fingerprint density at radius 2 is 1.47 bits per heavy atom. The Hall–Kier alpha value is -5.59. The summed E-state index contributed by atoms with van der Waals surface area (Å²) < 4.78 is 11.4. The molecule has 2 aromatic carbocycles. The van der Waals surface area contributed by atoms with Gasteiger partial charge in [0.2, 0.25) is 6.21 Å². The molecule has 2 aliphatic rings. The number of aliphatic hydroxyl groups is 2. The summed E-state index contributed by atoms with van der Waals surface area (Å²) in [5.74, 6) is -2.78. The molecule has 0 fully saturated rings. The Bertz CT molecular complexity index is 2080. The number of hydrogen-bond acceptors (Lipinski definition) is 10. The van der Waals surface area contributed by atoms with Gasteiger partial charge in [-0.25, -0.2) is 24.4 Å². The minimum Gasteiger partial charge on any atom is -0.461 e. The number of aromatic nitrogens is 2. The largest absolute Gasteiger partial charge is 0.461 e. The van der Waals surface area contributed by atoms with Crippen LogP contribution in [0.15, 0.2) is 78.9 Å². The third-order valence-corrected chi connectivity index (χ3v) is 9.46. The highest BCUT2D eigenvalue weighted by molar-refractivity contribution is 6.01. The lowest BCUT2D eigenvalue weighted by Gasteiger charge is -2.33. The van der Waals surface area contributed by atoms with Gasteiger partial charge in [-0.3, -0.25) is 4.79 Å². The van der Waals surface area contributed by atoms with Crippen LogP contribution in [0.3, 0.4) is 0 Å². The number of amides is 2. The number of fused-ring (bicyclic) bond motifs is 2. The predicted octanol–water partition coefficient (Wildman–Crippen LogP) is 4.35. The fourth-order valence-corrected chi connectivity index (χ4v) is 6.95. The third-order valence-electron chi connectivity index (χ3n) is 9.46. The molecule has 0 spiro atoms. The highest BCUT2D eigenvalue weighted by atomic mass is 16.5. The average Bonchev–Trinajstić information content (AvgIpc) is 3.49. The zero-order chi connectivity index (χ0) is 36.5. The first-order valence-corrected chi connectivity index (χ1v) is 16.9. The molecule has 2 aliphatic heterocycles. The number of pyridine rings is 2. The van der Waals surface area contributed by atoms with Crippen molar-refractivity contribution in [2.45, 2.75) is 58.5 Å². The average molecular weight is 692 g/mol. The van der Waals surface area contributed by atoms with Crippen molar-refractivity contribution in [1.82, 2.24) is 14.9 Å². The SMILES string of the molecule is CCOC(=O)c1cccc(/C=[N+]2\C(=O)c3ccccc3C2(O)C(C)Cc2cccc3c2C(=O)N(Cc2cccc(C(=O)OCC)n2)C3(O)CC)n1. The lowest BCUT2D eigenvalue weighted by molar-refractivity contribution is -0.594. The standard InChI is InChI=1S/C39H39N4O8/c1-5-38(48)30-18-10-13-25(33(30)35(45)42(38)22-26-14-11-19-31(40-26)36(46)50-6-2)21-24(4)39(49)29-17-9-8-16-28(29)34(44)43(39)23-27-15-12-20-32(41-27)37(47)51-7-3/h8-20,23-24,48-49H,5-7,21-22H2,1-4H3/q+1/b43-23+. The maximum absolute atomic E-state index is 14.3. The lowest BCUT2D eigenvalue weighted by Crippen LogP contribution is -2.44. The number of carbonyl (C=O) groups excluding carboxylic acids is 4. The Morgan fingerprint density at radius 1 is 0.843 bits per heavy atom. The number of nitrogens with zero attached hydrogens (tertiary/aromatic N) is 4. The maximum Gasteiger partial charge on any atom is 0.422 e. The minimum absolute atomic E-state index is 0.0560. The molecule has 0 saturated heterocycles. The van der Waals surface area contributed by atoms with Gasteiger partial charge in [-0.15, -0.1) is 4.58 Å². The summed E-state index contributed by atoms with van der Waals surface area (Å²) in [6.07, 6.45) is 1.73. The molecule has 51 heavy (non-hydrogen) atoms. The zero-order valence-corrected chi connectivity index (χ0v) is 28.8. The Labute approximate surface area is 295 Å². The van der Waals surface area contributed by atoms with Crippen LogP contribution in [0.1, 0.15) is 104 Å². The second-order valence-corrected chi connectivity index (χ2v) is 12.5. The van der Waals surface area contributed by atoms with Crippen LogP contribution in [0.25, 0.3) is 0 Å². The van der Waals surface area contributed by atoms with Crippen LogP contribution >= 0.6 is 0 Å². The molecule has 2 N–H and O–H groups in total. The van der Waals surface area contributed by atoms with E-state index < -0.39 is 41.1 Å². The van der Waals surface area contributed by atoms with Gasteiger partial charge in [0.15, 0.2) is 5.72 Å². The van der Waals surface area contributed by atoms with Gasteiger partial charge < -0.3 is 24.6 Å². The van der Waals surface area contributed by atoms with Crippen molar-refractivity contribution in [2.24, 2.45) is 5.92 Å². The number of carbonyl (C=O) groups is 4. The second-order valence-electron chi connectivity index (χ2n) is 12.5. The molecule has 0 saturated carbocycles. The predicted molar refractivity (Wildman–Crippen MR) is 184 cm³/mol. The van der Waals surface area contributed by atoms with Gasteiger partial charge in [0.25, 0.3) is 5.91 Å². The number of esters is 2. The van der Waals surface area contributed by atoms with E-state index in [1.165, 1.54) is 27.8 Å². The van der Waals surface area contributed by atoms with Gasteiger partial charge in [-0.05, 0) is 68.7 Å². The van der Waals surface area contributed by atoms with Gasteiger partial charge in [-0.2, -0.15) is 0 Å². The molecule has 0 bridgehead atoms. The Balaban J connectivity index is 1.37. The molecular weight excluding hydrogens is 652 g/mol. The van der Waals surface area contributed by atoms with Crippen molar-refractivity contribution in [3.63, 3.8) is 0 Å². The van der Waals surface area contributed by atoms with Crippen LogP contribution in [-0.4, -0.2) is 72.8 Å². The van der Waals surface area contributed by atoms with E-state index >= 15 is 0 Å². The van der Waals surface area contributed by atoms with E-state index in [0.29, 0.717) is 33.5 Å². The molecule has 2 aromatic heterocycles. The van der Waals surface area contributed by atoms with Crippen LogP contribution in [0.5, 0.6) is 0 Å². The summed E-state index contributed by atoms with van der Waals surface area (Å²) in [6.45, 7) is 7.22. The van der Waals surface area contributed by atoms with Crippen molar-refractivity contribution in [3.8, 4) is 0 Å². The molecule has 6 rings (SSSR count). The molecule has 0 radical (unpaired) electrons. The molecule has 12 heteroatoms. The molecule has 4 heterocycles. The van der Waals surface area contributed by atoms with E-state index in [1.54, 1.807) is 94.4 Å². The first-order valence-electron chi connectivity index (χ1n) is 16.9. The Kier molecular flexibility index (Phi) is 9.65. The van der Waals surface area contributed by atoms with Gasteiger partial charge in [0.1, 0.15) is 22.6 Å². The van der Waals surface area contributed by atoms with Crippen LogP contribution < -0.4 is 0 Å². The van der Waals surface area contributed by atoms with E-state index in [0.717, 1.165) is 0 Å². The topological polar surface area (TPSA) is 159 Å². The monoisotopic (exact) mass is 691 g/mol. The number of hydrogen-bond donors (Lipinski definition) is 2. The highest BCUT2D eigenvalue weighted by Crippen LogP contribution is 2.45. The first-order chi connectivity index (χ1) is 24.5. The summed E-state index contributed by atoms with van der Waals surface area (Å²) >= 11 is 0. The van der Waals surface area contributed by atoms with Gasteiger partial charge in [0.05, 0.1) is 42.5 Å². The molecule has 262 valence electrons. The van der Waals surface area contributed by atoms with Crippen molar-refractivity contribution >= 4 is 30.0 Å². The van der Waals surface area contributed by atoms with Crippen molar-refractivity contribution in [3.05, 3.63) is 129 Å². The van der Waals surface area contributed by atoms with E-state index in [9.17, 15) is 29.4 Å². The van der Waals surface area contributed by atoms with Crippen LogP contribution in [0.4, 0.5) is 0 Å². The van der Waals surface area contributed by atoms with E-state index in [4.69, 9.17) is 9.47 Å². The molecular formula is C39H39N4O8+. The molecule has 3 atom stereocenters. The zero-order valence-electron chi connectivity index (χ0n) is 28.8. The molecule has 4 aromatic rings. The highest BCUT2D eigenvalue weighted by Gasteiger charge is 2.58. The quantitative estimate of drug-likeness (QED) is 0.171. The van der Waals surface area contributed by atoms with Crippen molar-refractivity contribution in [1.29, 1.82) is 0 Å². The second kappa shape index (κ2) is 14.0. The van der Waals surface area contributed by atoms with E-state index in [2.05, 4.69) is 9.97 Å². The fourth-order valence-electron chi connectivity index (χ4n) is 6.95. The van der Waals surface area contributed by atoms with Gasteiger partial charge in [-0.1, -0.05) is 56.3 Å². The lowest BCUT2D eigenvalue weighted by atomic mass is 9.83. The normalized spacial score (nSPS) is 20.7. The minimum atomic E-state index is -1.88. The Morgan fingerprint density at radius 3 is 2.16 bits per heavy atom. The van der Waals surface area contributed by atoms with Gasteiger partial charge >= 0.3 is 23.6 Å². The molecule has 12 nitrogen and oxygen atoms in total. The van der Waals surface area contributed by atoms with E-state index in [-0.39, 0.29) is 49.7 Å². The number of rotatable bonds is 11. The third kappa shape index (κ3) is 6.10. The van der Waals surface area contributed by atoms with Crippen LogP contribution in [0.2, 0.25) is 0 Å². The number of benzene rings is 2. The van der Waals surface area contributed by atoms with Gasteiger partial charge in [0, 0.05) is 5.56 Å². The summed E-state index contributed by atoms with van der Waals surface area (Å²) in [5, 5.41) is 24.6.